The lowest BCUT2D eigenvalue weighted by atomic mass is 10.1. The Bertz CT molecular complexity index is 1200. The summed E-state index contributed by atoms with van der Waals surface area (Å²) in [7, 11) is 0. The molecule has 0 saturated carbocycles. The first kappa shape index (κ1) is 76.6. The van der Waals surface area contributed by atoms with E-state index in [1.54, 1.807) is 14.7 Å². The molecule has 0 heterocycles. The minimum absolute atomic E-state index is 0. The second kappa shape index (κ2) is 52.3. The van der Waals surface area contributed by atoms with Crippen LogP contribution < -0.4 is 45.0 Å². The summed E-state index contributed by atoms with van der Waals surface area (Å²) in [6.45, 7) is 8.75. The second-order valence-corrected chi connectivity index (χ2v) is 14.9. The normalized spacial score (nSPS) is 11.8. The van der Waals surface area contributed by atoms with Gasteiger partial charge in [-0.2, -0.15) is 0 Å². The van der Waals surface area contributed by atoms with Crippen LogP contribution in [0.3, 0.4) is 0 Å². The molecule has 14 N–H and O–H groups in total. The Kier molecular flexibility index (Phi) is 62.6. The van der Waals surface area contributed by atoms with Crippen molar-refractivity contribution in [1.82, 2.24) is 25.3 Å². The molecule has 0 radical (unpaired) electrons. The van der Waals surface area contributed by atoms with Crippen LogP contribution in [0.5, 0.6) is 0 Å². The Morgan fingerprint density at radius 2 is 0.719 bits per heavy atom. The number of unbranched alkanes of at least 4 members (excludes halogenated alkanes) is 1. The van der Waals surface area contributed by atoms with Gasteiger partial charge in [0.1, 0.15) is 0 Å². The van der Waals surface area contributed by atoms with Crippen LogP contribution in [0.2, 0.25) is 0 Å². The molecule has 384 valence electrons. The van der Waals surface area contributed by atoms with Gasteiger partial charge in [0.05, 0.1) is 18.1 Å². The largest absolute Gasteiger partial charge is 0.356 e. The quantitative estimate of drug-likeness (QED) is 0.0327. The molecule has 0 aliphatic rings. The number of halogens is 6. The van der Waals surface area contributed by atoms with E-state index in [4.69, 9.17) is 34.4 Å². The van der Waals surface area contributed by atoms with E-state index in [0.717, 1.165) is 12.8 Å². The Labute approximate surface area is 422 Å². The summed E-state index contributed by atoms with van der Waals surface area (Å²) in [6.07, 6.45) is 18.3. The van der Waals surface area contributed by atoms with E-state index in [1.807, 2.05) is 38.2 Å². The highest BCUT2D eigenvalue weighted by atomic mass is 35.5. The molecule has 22 heteroatoms. The van der Waals surface area contributed by atoms with Crippen molar-refractivity contribution in [1.29, 1.82) is 0 Å². The molecule has 3 atom stereocenters. The molecule has 0 rings (SSSR count). The van der Waals surface area contributed by atoms with Gasteiger partial charge in [-0.05, 0) is 116 Å². The smallest absolute Gasteiger partial charge is 0.239 e. The number of amides is 5. The maximum Gasteiger partial charge on any atom is 0.239 e. The summed E-state index contributed by atoms with van der Waals surface area (Å²) in [5.41, 5.74) is 35.9. The molecule has 64 heavy (non-hydrogen) atoms. The maximum atomic E-state index is 13.6. The summed E-state index contributed by atoms with van der Waals surface area (Å²) in [5, 5.41) is 5.87. The number of rotatable bonds is 37. The molecule has 0 aromatic rings. The molecule has 0 aliphatic carbocycles. The topological polar surface area (TPSA) is 275 Å². The fourth-order valence-corrected chi connectivity index (χ4v) is 6.31. The summed E-state index contributed by atoms with van der Waals surface area (Å²) in [5.74, 6) is -0.570. The van der Waals surface area contributed by atoms with Gasteiger partial charge < -0.3 is 59.7 Å². The van der Waals surface area contributed by atoms with Gasteiger partial charge in [0, 0.05) is 65.2 Å². The van der Waals surface area contributed by atoms with E-state index >= 15 is 0 Å². The number of carbonyl (C=O) groups excluding carboxylic acids is 5. The van der Waals surface area contributed by atoms with Gasteiger partial charge in [-0.15, -0.1) is 74.4 Å². The molecule has 0 fully saturated rings. The van der Waals surface area contributed by atoms with E-state index in [1.165, 1.54) is 0 Å². The average molecular weight is 1040 g/mol. The number of hydrogen-bond acceptors (Lipinski definition) is 11. The molecule has 0 aromatic carbocycles. The molecule has 0 spiro atoms. The Hall–Kier alpha value is -1.67. The Balaban J connectivity index is -0.00000108. The number of nitrogens with one attached hydrogen (secondary N) is 2. The van der Waals surface area contributed by atoms with Crippen molar-refractivity contribution in [2.45, 2.75) is 141 Å². The highest BCUT2D eigenvalue weighted by Gasteiger charge is 2.24. The van der Waals surface area contributed by atoms with Gasteiger partial charge in [-0.3, -0.25) is 24.0 Å². The molecule has 0 bridgehead atoms. The van der Waals surface area contributed by atoms with Crippen LogP contribution in [-0.2, 0) is 24.0 Å². The SMILES string of the molecule is CC/C=C\CCC(=O)NCCCN(CCCCN(CCCN(CCCNC(=O)CC/C=C\CC)C(=O)[C@@H](N)CCCN)C(=O)[C@@H](N)CCCN)C(=O)[C@@H](N)CCCN.Cl.Cl.Cl.Cl.Cl.Cl. The molecule has 0 aromatic heterocycles. The lowest BCUT2D eigenvalue weighted by Crippen LogP contribution is -2.48. The number of carbonyl (C=O) groups is 5. The summed E-state index contributed by atoms with van der Waals surface area (Å²) >= 11 is 0. The number of nitrogens with two attached hydrogens (primary N) is 6. The summed E-state index contributed by atoms with van der Waals surface area (Å²) < 4.78 is 0. The Morgan fingerprint density at radius 3 is 1.00 bits per heavy atom. The maximum absolute atomic E-state index is 13.6. The fraction of sp³-hybridized carbons (Fsp3) is 0.786. The molecule has 0 aliphatic heterocycles. The van der Waals surface area contributed by atoms with E-state index in [-0.39, 0.29) is 104 Å². The monoisotopic (exact) mass is 1040 g/mol. The van der Waals surface area contributed by atoms with Crippen molar-refractivity contribution >= 4 is 104 Å². The molecule has 0 saturated heterocycles. The van der Waals surface area contributed by atoms with Crippen LogP contribution in [0.1, 0.15) is 123 Å². The predicted octanol–water partition coefficient (Wildman–Crippen LogP) is 3.88. The van der Waals surface area contributed by atoms with Gasteiger partial charge in [0.25, 0.3) is 0 Å². The van der Waals surface area contributed by atoms with E-state index < -0.39 is 18.1 Å². The fourth-order valence-electron chi connectivity index (χ4n) is 6.31. The molecular formula is C42H89Cl6N11O5. The zero-order chi connectivity index (χ0) is 43.4. The number of hydrogen-bond donors (Lipinski definition) is 8. The zero-order valence-corrected chi connectivity index (χ0v) is 43.5. The van der Waals surface area contributed by atoms with Crippen LogP contribution in [0, 0.1) is 0 Å². The predicted molar refractivity (Wildman–Crippen MR) is 278 cm³/mol. The minimum atomic E-state index is -0.705. The van der Waals surface area contributed by atoms with Gasteiger partial charge in [-0.25, -0.2) is 0 Å². The lowest BCUT2D eigenvalue weighted by molar-refractivity contribution is -0.135. The van der Waals surface area contributed by atoms with Gasteiger partial charge >= 0.3 is 0 Å². The molecular weight excluding hydrogens is 951 g/mol. The third-order valence-electron chi connectivity index (χ3n) is 9.74. The standard InChI is InChI=1S/C42H83N11O5.6ClH/c1-3-5-7-9-22-38(54)49-27-16-31-51(40(56)35(46)19-13-24-43)29-11-12-30-52(41(57)36(47)20-14-25-44)33-18-34-53(42(58)37(48)21-15-26-45)32-17-28-50-39(55)23-10-8-6-4-2;;;;;;/h5-8,35-37H,3-4,9-34,43-48H2,1-2H3,(H,49,54)(H,50,55);6*1H/b7-5-,8-6-;;;;;;/t35-,36-,37-;;;;;;/m0....../s1. The van der Waals surface area contributed by atoms with Crippen molar-refractivity contribution in [3.63, 3.8) is 0 Å². The van der Waals surface area contributed by atoms with Crippen molar-refractivity contribution in [2.75, 3.05) is 72.0 Å². The van der Waals surface area contributed by atoms with Crippen LogP contribution >= 0.6 is 74.4 Å². The van der Waals surface area contributed by atoms with Crippen LogP contribution in [0.4, 0.5) is 0 Å². The van der Waals surface area contributed by atoms with Crippen LogP contribution in [0.25, 0.3) is 0 Å². The first-order chi connectivity index (χ1) is 28.0. The summed E-state index contributed by atoms with van der Waals surface area (Å²) in [4.78, 5) is 70.1. The first-order valence-electron chi connectivity index (χ1n) is 22.0. The van der Waals surface area contributed by atoms with E-state index in [9.17, 15) is 24.0 Å². The third kappa shape index (κ3) is 39.5. The highest BCUT2D eigenvalue weighted by molar-refractivity contribution is 5.86. The average Bonchev–Trinajstić information content (AvgIpc) is 3.22. The van der Waals surface area contributed by atoms with Crippen molar-refractivity contribution in [2.24, 2.45) is 34.4 Å². The van der Waals surface area contributed by atoms with Gasteiger partial charge in [0.2, 0.25) is 29.5 Å². The van der Waals surface area contributed by atoms with Gasteiger partial charge in [-0.1, -0.05) is 38.2 Å². The second-order valence-electron chi connectivity index (χ2n) is 14.9. The molecule has 16 nitrogen and oxygen atoms in total. The van der Waals surface area contributed by atoms with E-state index in [2.05, 4.69) is 10.6 Å². The van der Waals surface area contributed by atoms with Crippen LogP contribution in [-0.4, -0.2) is 134 Å². The van der Waals surface area contributed by atoms with Crippen molar-refractivity contribution < 1.29 is 24.0 Å². The third-order valence-corrected chi connectivity index (χ3v) is 9.74. The summed E-state index contributed by atoms with van der Waals surface area (Å²) in [6, 6.07) is -2.06. The van der Waals surface area contributed by atoms with Gasteiger partial charge in [0.15, 0.2) is 0 Å². The first-order valence-corrected chi connectivity index (χ1v) is 22.0. The Morgan fingerprint density at radius 1 is 0.438 bits per heavy atom. The van der Waals surface area contributed by atoms with Crippen molar-refractivity contribution in [3.05, 3.63) is 24.3 Å². The number of nitrogens with zero attached hydrogens (tertiary/aromatic N) is 3. The minimum Gasteiger partial charge on any atom is -0.356 e. The molecule has 5 amide bonds. The number of allylic oxidation sites excluding steroid dienone is 4. The highest BCUT2D eigenvalue weighted by Crippen LogP contribution is 2.10. The van der Waals surface area contributed by atoms with E-state index in [0.29, 0.717) is 168 Å². The lowest BCUT2D eigenvalue weighted by Gasteiger charge is -2.30. The zero-order valence-electron chi connectivity index (χ0n) is 38.6. The van der Waals surface area contributed by atoms with Crippen molar-refractivity contribution in [3.8, 4) is 0 Å². The van der Waals surface area contributed by atoms with Crippen LogP contribution in [0.15, 0.2) is 24.3 Å². The molecule has 0 unspecified atom stereocenters.